The molecule has 3 heterocycles. The Hall–Kier alpha value is -2.89. The Morgan fingerprint density at radius 3 is 2.53 bits per heavy atom. The first-order chi connectivity index (χ1) is 14.5. The van der Waals surface area contributed by atoms with E-state index in [2.05, 4.69) is 11.9 Å². The van der Waals surface area contributed by atoms with Crippen molar-refractivity contribution in [2.45, 2.75) is 19.8 Å². The number of hydrogen-bond acceptors (Lipinski definition) is 3. The second-order valence-corrected chi connectivity index (χ2v) is 8.19. The largest absolute Gasteiger partial charge is 0.360 e. The Bertz CT molecular complexity index is 1380. The highest BCUT2D eigenvalue weighted by molar-refractivity contribution is 6.31. The van der Waals surface area contributed by atoms with Gasteiger partial charge in [-0.3, -0.25) is 4.68 Å². The summed E-state index contributed by atoms with van der Waals surface area (Å²) >= 11 is 12.4. The molecule has 5 rings (SSSR count). The quantitative estimate of drug-likeness (QED) is 0.353. The molecule has 0 aliphatic rings. The minimum atomic E-state index is 0.649. The zero-order chi connectivity index (χ0) is 20.8. The molecule has 5 aromatic rings. The molecule has 150 valence electrons. The molecule has 0 aliphatic heterocycles. The summed E-state index contributed by atoms with van der Waals surface area (Å²) < 4.78 is 1.88. The molecule has 0 bridgehead atoms. The Morgan fingerprint density at radius 1 is 1.00 bits per heavy atom. The van der Waals surface area contributed by atoms with E-state index in [4.69, 9.17) is 38.3 Å². The van der Waals surface area contributed by atoms with Gasteiger partial charge in [-0.05, 0) is 48.9 Å². The van der Waals surface area contributed by atoms with Crippen LogP contribution in [0.25, 0.3) is 44.6 Å². The van der Waals surface area contributed by atoms with E-state index in [1.54, 1.807) is 0 Å². The summed E-state index contributed by atoms with van der Waals surface area (Å²) in [5, 5.41) is 7.13. The van der Waals surface area contributed by atoms with Gasteiger partial charge in [0.25, 0.3) is 0 Å². The number of aromatic amines is 1. The van der Waals surface area contributed by atoms with E-state index in [-0.39, 0.29) is 0 Å². The third-order valence-corrected chi connectivity index (χ3v) is 5.73. The van der Waals surface area contributed by atoms with Gasteiger partial charge >= 0.3 is 0 Å². The molecular weight excluding hydrogens is 417 g/mol. The van der Waals surface area contributed by atoms with Crippen molar-refractivity contribution in [3.63, 3.8) is 0 Å². The summed E-state index contributed by atoms with van der Waals surface area (Å²) in [5.74, 6) is 0.649. The van der Waals surface area contributed by atoms with Gasteiger partial charge in [0.1, 0.15) is 16.7 Å². The lowest BCUT2D eigenvalue weighted by molar-refractivity contribution is 0.753. The number of nitrogens with one attached hydrogen (secondary N) is 1. The molecule has 0 radical (unpaired) electrons. The maximum absolute atomic E-state index is 6.30. The van der Waals surface area contributed by atoms with Crippen LogP contribution in [0.4, 0.5) is 0 Å². The van der Waals surface area contributed by atoms with Gasteiger partial charge in [-0.25, -0.2) is 9.97 Å². The lowest BCUT2D eigenvalue weighted by atomic mass is 10.1. The van der Waals surface area contributed by atoms with E-state index in [9.17, 15) is 0 Å². The number of aryl methyl sites for hydroxylation is 2. The summed E-state index contributed by atoms with van der Waals surface area (Å²) in [7, 11) is 1.94. The van der Waals surface area contributed by atoms with Crippen molar-refractivity contribution in [2.75, 3.05) is 0 Å². The number of aromatic nitrogens is 5. The number of benzene rings is 2. The van der Waals surface area contributed by atoms with Crippen LogP contribution in [-0.2, 0) is 13.5 Å². The molecule has 3 aromatic heterocycles. The van der Waals surface area contributed by atoms with Crippen molar-refractivity contribution in [3.8, 4) is 22.6 Å². The molecule has 0 atom stereocenters. The molecule has 5 nitrogen and oxygen atoms in total. The maximum Gasteiger partial charge on any atom is 0.160 e. The molecule has 0 spiro atoms. The van der Waals surface area contributed by atoms with Gasteiger partial charge in [0.05, 0.1) is 5.69 Å². The van der Waals surface area contributed by atoms with Crippen molar-refractivity contribution in [3.05, 3.63) is 64.4 Å². The number of H-pyrrole nitrogens is 1. The van der Waals surface area contributed by atoms with Gasteiger partial charge in [-0.15, -0.1) is 0 Å². The molecule has 1 N–H and O–H groups in total. The number of nitrogens with zero attached hydrogens (tertiary/aromatic N) is 4. The Balaban J connectivity index is 1.85. The van der Waals surface area contributed by atoms with Crippen molar-refractivity contribution in [2.24, 2.45) is 7.05 Å². The van der Waals surface area contributed by atoms with Gasteiger partial charge < -0.3 is 4.98 Å². The summed E-state index contributed by atoms with van der Waals surface area (Å²) in [6.07, 6.45) is 3.82. The van der Waals surface area contributed by atoms with Crippen LogP contribution in [-0.4, -0.2) is 24.7 Å². The third-order valence-electron chi connectivity index (χ3n) is 5.24. The first-order valence-electron chi connectivity index (χ1n) is 9.81. The SMILES string of the molecule is CCCc1nn(C)c2c(-c3c[nH]c4ccc(Cl)cc34)nc(-c3ccc(Cl)cc3)nc12. The summed E-state index contributed by atoms with van der Waals surface area (Å²) in [5.41, 5.74) is 6.49. The number of hydrogen-bond donors (Lipinski definition) is 1. The van der Waals surface area contributed by atoms with Crippen LogP contribution in [0.2, 0.25) is 10.0 Å². The lowest BCUT2D eigenvalue weighted by Crippen LogP contribution is -1.98. The Kier molecular flexibility index (Phi) is 4.72. The summed E-state index contributed by atoms with van der Waals surface area (Å²) in [6, 6.07) is 13.4. The fraction of sp³-hybridized carbons (Fsp3) is 0.174. The third kappa shape index (κ3) is 3.15. The van der Waals surface area contributed by atoms with E-state index in [1.165, 1.54) is 0 Å². The van der Waals surface area contributed by atoms with Crippen molar-refractivity contribution in [1.82, 2.24) is 24.7 Å². The van der Waals surface area contributed by atoms with Crippen molar-refractivity contribution < 1.29 is 0 Å². The van der Waals surface area contributed by atoms with Gasteiger partial charge in [-0.1, -0.05) is 36.5 Å². The fourth-order valence-corrected chi connectivity index (χ4v) is 4.15. The lowest BCUT2D eigenvalue weighted by Gasteiger charge is -2.08. The molecule has 0 aliphatic carbocycles. The number of rotatable bonds is 4. The zero-order valence-electron chi connectivity index (χ0n) is 16.6. The summed E-state index contributed by atoms with van der Waals surface area (Å²) in [4.78, 5) is 13.2. The van der Waals surface area contributed by atoms with Crippen LogP contribution in [0.1, 0.15) is 19.0 Å². The second kappa shape index (κ2) is 7.42. The predicted octanol–water partition coefficient (Wildman–Crippen LogP) is 6.44. The van der Waals surface area contributed by atoms with E-state index in [0.29, 0.717) is 15.9 Å². The molecule has 0 saturated carbocycles. The molecule has 30 heavy (non-hydrogen) atoms. The molecule has 0 unspecified atom stereocenters. The highest BCUT2D eigenvalue weighted by atomic mass is 35.5. The van der Waals surface area contributed by atoms with Gasteiger partial charge in [0, 0.05) is 45.3 Å². The Labute approximate surface area is 183 Å². The van der Waals surface area contributed by atoms with Crippen LogP contribution >= 0.6 is 23.2 Å². The monoisotopic (exact) mass is 435 g/mol. The predicted molar refractivity (Wildman–Crippen MR) is 123 cm³/mol. The maximum atomic E-state index is 6.30. The van der Waals surface area contributed by atoms with Gasteiger partial charge in [-0.2, -0.15) is 5.10 Å². The van der Waals surface area contributed by atoms with Crippen LogP contribution in [0.5, 0.6) is 0 Å². The Morgan fingerprint density at radius 2 is 1.77 bits per heavy atom. The first kappa shape index (κ1) is 19.1. The molecule has 7 heteroatoms. The van der Waals surface area contributed by atoms with E-state index in [0.717, 1.165) is 57.3 Å². The number of fused-ring (bicyclic) bond motifs is 2. The van der Waals surface area contributed by atoms with Crippen LogP contribution in [0, 0.1) is 0 Å². The normalized spacial score (nSPS) is 11.6. The standard InChI is InChI=1S/C23H19Cl2N5/c1-3-4-19-21-22(30(2)29-19)20(17-12-26-18-10-9-15(25)11-16(17)18)27-23(28-21)13-5-7-14(24)8-6-13/h5-12,26H,3-4H2,1-2H3. The minimum Gasteiger partial charge on any atom is -0.360 e. The smallest absolute Gasteiger partial charge is 0.160 e. The van der Waals surface area contributed by atoms with Crippen LogP contribution < -0.4 is 0 Å². The van der Waals surface area contributed by atoms with E-state index in [1.807, 2.05) is 60.4 Å². The van der Waals surface area contributed by atoms with Crippen LogP contribution in [0.3, 0.4) is 0 Å². The highest BCUT2D eigenvalue weighted by Crippen LogP contribution is 2.35. The number of halogens is 2. The minimum absolute atomic E-state index is 0.649. The van der Waals surface area contributed by atoms with Crippen molar-refractivity contribution in [1.29, 1.82) is 0 Å². The topological polar surface area (TPSA) is 59.4 Å². The van der Waals surface area contributed by atoms with E-state index < -0.39 is 0 Å². The molecule has 0 amide bonds. The molecule has 0 saturated heterocycles. The fourth-order valence-electron chi connectivity index (χ4n) is 3.85. The molecule has 2 aromatic carbocycles. The average molecular weight is 436 g/mol. The average Bonchev–Trinajstić information content (AvgIpc) is 3.29. The zero-order valence-corrected chi connectivity index (χ0v) is 18.1. The van der Waals surface area contributed by atoms with Gasteiger partial charge in [0.2, 0.25) is 0 Å². The van der Waals surface area contributed by atoms with Gasteiger partial charge in [0.15, 0.2) is 5.82 Å². The molecular formula is C23H19Cl2N5. The second-order valence-electron chi connectivity index (χ2n) is 7.31. The van der Waals surface area contributed by atoms with E-state index >= 15 is 0 Å². The molecule has 0 fully saturated rings. The summed E-state index contributed by atoms with van der Waals surface area (Å²) in [6.45, 7) is 2.14. The van der Waals surface area contributed by atoms with Crippen LogP contribution in [0.15, 0.2) is 48.7 Å². The van der Waals surface area contributed by atoms with Crippen molar-refractivity contribution >= 4 is 45.1 Å². The highest BCUT2D eigenvalue weighted by Gasteiger charge is 2.20. The first-order valence-corrected chi connectivity index (χ1v) is 10.6.